The molecule has 0 aromatic carbocycles. The molecule has 1 heterocycles. The van der Waals surface area contributed by atoms with Crippen molar-refractivity contribution in [3.05, 3.63) is 11.1 Å². The van der Waals surface area contributed by atoms with Crippen LogP contribution < -0.4 is 0 Å². The molecular weight excluding hydrogens is 410 g/mol. The van der Waals surface area contributed by atoms with E-state index in [-0.39, 0.29) is 6.98 Å². The molecule has 5 nitrogen and oxygen atoms in total. The number of cyclic esters (lactones) is 2. The van der Waals surface area contributed by atoms with Gasteiger partial charge in [-0.15, -0.1) is 0 Å². The summed E-state index contributed by atoms with van der Waals surface area (Å²) in [7, 11) is 0. The van der Waals surface area contributed by atoms with Crippen molar-refractivity contribution in [2.24, 2.45) is 0 Å². The van der Waals surface area contributed by atoms with Gasteiger partial charge < -0.3 is 0 Å². The van der Waals surface area contributed by atoms with Gasteiger partial charge in [0.05, 0.1) is 0 Å². The van der Waals surface area contributed by atoms with Crippen molar-refractivity contribution in [1.82, 2.24) is 9.62 Å². The van der Waals surface area contributed by atoms with Gasteiger partial charge in [-0.2, -0.15) is 0 Å². The minimum atomic E-state index is -2.25. The molecule has 0 saturated heterocycles. The van der Waals surface area contributed by atoms with Crippen molar-refractivity contribution in [2.45, 2.75) is 53.3 Å². The zero-order valence-electron chi connectivity index (χ0n) is 16.4. The minimum absolute atomic E-state index is 0.133. The Balaban J connectivity index is 3.20. The van der Waals surface area contributed by atoms with Crippen molar-refractivity contribution in [2.75, 3.05) is 26.2 Å². The number of carbonyl (C=O) groups is 2. The third kappa shape index (κ3) is 5.59. The average molecular weight is 443 g/mol. The molecule has 0 atom stereocenters. The van der Waals surface area contributed by atoms with Crippen LogP contribution in [0.3, 0.4) is 0 Å². The fraction of sp³-hybridized carbons (Fsp3) is 0.765. The Morgan fingerprint density at radius 1 is 0.833 bits per heavy atom. The molecule has 0 saturated carbocycles. The van der Waals surface area contributed by atoms with Crippen LogP contribution in [0.1, 0.15) is 27.7 Å². The van der Waals surface area contributed by atoms with E-state index in [1.165, 1.54) is 0 Å². The Labute approximate surface area is 151 Å². The first-order valence-electron chi connectivity index (χ1n) is 9.15. The van der Waals surface area contributed by atoms with Crippen molar-refractivity contribution in [3.63, 3.8) is 0 Å². The van der Waals surface area contributed by atoms with Gasteiger partial charge >= 0.3 is 152 Å². The fourth-order valence-electron chi connectivity index (χ4n) is 3.33. The predicted molar refractivity (Wildman–Crippen MR) is 103 cm³/mol. The molecule has 0 N–H and O–H groups in total. The van der Waals surface area contributed by atoms with Crippen molar-refractivity contribution in [3.8, 4) is 0 Å². The van der Waals surface area contributed by atoms with Crippen LogP contribution in [0.2, 0.25) is 25.6 Å². The summed E-state index contributed by atoms with van der Waals surface area (Å²) in [5.41, 5.74) is 1.28. The first-order chi connectivity index (χ1) is 11.2. The van der Waals surface area contributed by atoms with Gasteiger partial charge in [0.1, 0.15) is 0 Å². The summed E-state index contributed by atoms with van der Waals surface area (Å²) >= 11 is -2.25. The molecule has 0 bridgehead atoms. The van der Waals surface area contributed by atoms with E-state index >= 15 is 0 Å². The summed E-state index contributed by atoms with van der Waals surface area (Å²) < 4.78 is 5.75. The summed E-state index contributed by atoms with van der Waals surface area (Å²) in [6.45, 7) is 12.4. The molecule has 1 aliphatic rings. The molecule has 136 valence electrons. The third-order valence-electron chi connectivity index (χ3n) is 4.60. The van der Waals surface area contributed by atoms with Crippen LogP contribution in [0.25, 0.3) is 0 Å². The first-order valence-corrected chi connectivity index (χ1v) is 19.7. The van der Waals surface area contributed by atoms with Crippen LogP contribution in [-0.4, -0.2) is 73.1 Å². The maximum atomic E-state index is 12.3. The summed E-state index contributed by atoms with van der Waals surface area (Å²) in [5, 5.41) is 0. The number of nitrogens with zero attached hydrogens (tertiary/aromatic N) is 2. The third-order valence-corrected chi connectivity index (χ3v) is 8.64. The normalized spacial score (nSPS) is 15.7. The zero-order valence-corrected chi connectivity index (χ0v) is 19.3. The maximum absolute atomic E-state index is 12.3. The van der Waals surface area contributed by atoms with E-state index in [1.54, 1.807) is 0 Å². The Morgan fingerprint density at radius 3 is 1.62 bits per heavy atom. The number of carbonyl (C=O) groups excluding carboxylic acids is 2. The van der Waals surface area contributed by atoms with Crippen molar-refractivity contribution < 1.29 is 14.3 Å². The van der Waals surface area contributed by atoms with Gasteiger partial charge in [0.15, 0.2) is 0 Å². The Hall–Kier alpha value is -0.336. The second-order valence-corrected chi connectivity index (χ2v) is 23.1. The predicted octanol–water partition coefficient (Wildman–Crippen LogP) is 2.88. The number of rotatable bonds is 10. The van der Waals surface area contributed by atoms with E-state index < -0.39 is 30.3 Å². The molecular formula is C17H33BN2O3Sn. The van der Waals surface area contributed by atoms with E-state index in [0.29, 0.717) is 17.5 Å². The van der Waals surface area contributed by atoms with Crippen LogP contribution in [0.15, 0.2) is 11.1 Å². The summed E-state index contributed by atoms with van der Waals surface area (Å²) in [6.07, 6.45) is 0.575. The molecule has 1 aliphatic heterocycles. The zero-order chi connectivity index (χ0) is 18.5. The van der Waals surface area contributed by atoms with Crippen LogP contribution in [0, 0.1) is 0 Å². The Bertz CT molecular complexity index is 483. The van der Waals surface area contributed by atoms with E-state index in [0.717, 1.165) is 30.6 Å². The quantitative estimate of drug-likeness (QED) is 0.296. The molecule has 7 heteroatoms. The molecule has 0 aliphatic carbocycles. The molecule has 0 radical (unpaired) electrons. The monoisotopic (exact) mass is 444 g/mol. The van der Waals surface area contributed by atoms with E-state index in [4.69, 9.17) is 4.74 Å². The van der Waals surface area contributed by atoms with Gasteiger partial charge in [-0.3, -0.25) is 0 Å². The van der Waals surface area contributed by atoms with E-state index in [2.05, 4.69) is 52.1 Å². The number of hydrogen-bond acceptors (Lipinski definition) is 5. The average Bonchev–Trinajstić information content (AvgIpc) is 2.74. The van der Waals surface area contributed by atoms with Crippen molar-refractivity contribution >= 4 is 37.3 Å². The van der Waals surface area contributed by atoms with Gasteiger partial charge in [-0.25, -0.2) is 0 Å². The second-order valence-electron chi connectivity index (χ2n) is 7.50. The van der Waals surface area contributed by atoms with Gasteiger partial charge in [-0.1, -0.05) is 0 Å². The Morgan fingerprint density at radius 2 is 1.25 bits per heavy atom. The molecule has 1 rings (SSSR count). The summed E-state index contributed by atoms with van der Waals surface area (Å²) in [5.74, 6) is -0.825. The van der Waals surface area contributed by atoms with E-state index in [1.807, 2.05) is 0 Å². The molecule has 0 unspecified atom stereocenters. The molecule has 0 fully saturated rings. The van der Waals surface area contributed by atoms with Crippen LogP contribution in [-0.2, 0) is 14.3 Å². The van der Waals surface area contributed by atoms with Gasteiger partial charge in [0, 0.05) is 0 Å². The topological polar surface area (TPSA) is 49.9 Å². The molecule has 0 amide bonds. The fourth-order valence-corrected chi connectivity index (χ4v) is 7.38. The SMILES string of the molecule is CCN(CC)B(CC1=C([CH2][Sn]([CH3])([CH3])[CH3])C(=O)OC1=O)N(CC)CC. The van der Waals surface area contributed by atoms with Crippen LogP contribution in [0.5, 0.6) is 0 Å². The van der Waals surface area contributed by atoms with E-state index in [9.17, 15) is 9.59 Å². The molecule has 0 aromatic heterocycles. The summed E-state index contributed by atoms with van der Waals surface area (Å²) in [6, 6.07) is 0. The van der Waals surface area contributed by atoms with Gasteiger partial charge in [-0.05, 0) is 0 Å². The number of hydrogen-bond donors (Lipinski definition) is 0. The Kier molecular flexibility index (Phi) is 8.49. The molecule has 0 spiro atoms. The van der Waals surface area contributed by atoms with Crippen LogP contribution in [0.4, 0.5) is 0 Å². The number of esters is 2. The van der Waals surface area contributed by atoms with Gasteiger partial charge in [0.25, 0.3) is 0 Å². The van der Waals surface area contributed by atoms with Gasteiger partial charge in [0.2, 0.25) is 0 Å². The molecule has 24 heavy (non-hydrogen) atoms. The standard InChI is InChI=1S/C14H24BN2O3.3CH3.Sn/c1-6-16(7-2)15(17(8-3)9-4)10-12-11(5)13(18)20-14(12)19;;;;/h5-10H2,1-4H3;3*1H3;. The van der Waals surface area contributed by atoms with Crippen LogP contribution >= 0.6 is 0 Å². The second kappa shape index (κ2) is 9.39. The summed E-state index contributed by atoms with van der Waals surface area (Å²) in [4.78, 5) is 36.0. The first kappa shape index (κ1) is 21.7. The number of ether oxygens (including phenoxy) is 1. The molecule has 0 aromatic rings. The van der Waals surface area contributed by atoms with Crippen molar-refractivity contribution in [1.29, 1.82) is 0 Å².